The van der Waals surface area contributed by atoms with E-state index in [4.69, 9.17) is 4.74 Å². The van der Waals surface area contributed by atoms with E-state index in [1.807, 2.05) is 0 Å². The first kappa shape index (κ1) is 17.1. The summed E-state index contributed by atoms with van der Waals surface area (Å²) in [5, 5.41) is 2.64. The Morgan fingerprint density at radius 3 is 1.81 bits per heavy atom. The minimum Gasteiger partial charge on any atom is -0.430 e. The third-order valence-electron chi connectivity index (χ3n) is 4.68. The summed E-state index contributed by atoms with van der Waals surface area (Å²) in [5.74, 6) is -1.46. The van der Waals surface area contributed by atoms with Gasteiger partial charge in [-0.25, -0.2) is 18.0 Å². The van der Waals surface area contributed by atoms with Crippen molar-refractivity contribution in [3.8, 4) is 0 Å². The Morgan fingerprint density at radius 2 is 1.30 bits per heavy atom. The van der Waals surface area contributed by atoms with Crippen molar-refractivity contribution in [2.75, 3.05) is 0 Å². The first-order valence-corrected chi connectivity index (χ1v) is 8.27. The van der Waals surface area contributed by atoms with E-state index >= 15 is 0 Å². The number of amides is 1. The van der Waals surface area contributed by atoms with Crippen LogP contribution in [0.4, 0.5) is 18.0 Å². The molecule has 3 aromatic rings. The standard InChI is InChI=1S/C21H14F3NO2/c22-15-9-5-13(6-10-15)21(14-7-11-16(23)12-8-14)19(25-20(26)27-21)17-3-1-2-4-18(17)24/h1-12,19H,(H,25,26). The van der Waals surface area contributed by atoms with Gasteiger partial charge in [0, 0.05) is 16.7 Å². The quantitative estimate of drug-likeness (QED) is 0.718. The van der Waals surface area contributed by atoms with Crippen molar-refractivity contribution in [3.63, 3.8) is 0 Å². The number of carbonyl (C=O) groups is 1. The highest BCUT2D eigenvalue weighted by atomic mass is 19.1. The monoisotopic (exact) mass is 369 g/mol. The molecular weight excluding hydrogens is 355 g/mol. The van der Waals surface area contributed by atoms with Crippen LogP contribution in [0.5, 0.6) is 0 Å². The van der Waals surface area contributed by atoms with Crippen LogP contribution in [0.2, 0.25) is 0 Å². The highest BCUT2D eigenvalue weighted by Crippen LogP contribution is 2.48. The van der Waals surface area contributed by atoms with Crippen LogP contribution in [-0.2, 0) is 10.3 Å². The van der Waals surface area contributed by atoms with Gasteiger partial charge in [0.05, 0.1) is 0 Å². The van der Waals surface area contributed by atoms with Crippen LogP contribution in [0.1, 0.15) is 22.7 Å². The molecule has 1 amide bonds. The second-order valence-electron chi connectivity index (χ2n) is 6.24. The highest BCUT2D eigenvalue weighted by molar-refractivity contribution is 5.74. The molecule has 6 heteroatoms. The normalized spacial score (nSPS) is 18.0. The molecule has 1 heterocycles. The Bertz CT molecular complexity index is 942. The summed E-state index contributed by atoms with van der Waals surface area (Å²) in [6, 6.07) is 15.8. The fourth-order valence-corrected chi connectivity index (χ4v) is 3.47. The molecule has 1 fully saturated rings. The average Bonchev–Trinajstić information content (AvgIpc) is 3.01. The van der Waals surface area contributed by atoms with E-state index < -0.39 is 35.2 Å². The molecule has 0 radical (unpaired) electrons. The Morgan fingerprint density at radius 1 is 0.778 bits per heavy atom. The molecule has 1 unspecified atom stereocenters. The number of halogens is 3. The van der Waals surface area contributed by atoms with E-state index in [-0.39, 0.29) is 5.56 Å². The molecule has 1 aliphatic heterocycles. The number of hydrogen-bond acceptors (Lipinski definition) is 2. The van der Waals surface area contributed by atoms with E-state index in [1.54, 1.807) is 6.07 Å². The maximum Gasteiger partial charge on any atom is 0.409 e. The van der Waals surface area contributed by atoms with Gasteiger partial charge in [-0.3, -0.25) is 0 Å². The molecule has 3 aromatic carbocycles. The molecular formula is C21H14F3NO2. The molecule has 0 aliphatic carbocycles. The van der Waals surface area contributed by atoms with Crippen LogP contribution < -0.4 is 5.32 Å². The molecule has 136 valence electrons. The van der Waals surface area contributed by atoms with Gasteiger partial charge in [-0.2, -0.15) is 0 Å². The lowest BCUT2D eigenvalue weighted by Gasteiger charge is -2.34. The van der Waals surface area contributed by atoms with E-state index in [0.29, 0.717) is 11.1 Å². The zero-order chi connectivity index (χ0) is 19.0. The predicted molar refractivity (Wildman–Crippen MR) is 92.3 cm³/mol. The van der Waals surface area contributed by atoms with Crippen molar-refractivity contribution in [1.82, 2.24) is 5.32 Å². The van der Waals surface area contributed by atoms with Gasteiger partial charge in [-0.15, -0.1) is 0 Å². The molecule has 0 aromatic heterocycles. The predicted octanol–water partition coefficient (Wildman–Crippen LogP) is 4.83. The van der Waals surface area contributed by atoms with Crippen LogP contribution in [-0.4, -0.2) is 6.09 Å². The van der Waals surface area contributed by atoms with Crippen LogP contribution in [0.15, 0.2) is 72.8 Å². The zero-order valence-electron chi connectivity index (χ0n) is 14.0. The van der Waals surface area contributed by atoms with Crippen molar-refractivity contribution < 1.29 is 22.7 Å². The largest absolute Gasteiger partial charge is 0.430 e. The summed E-state index contributed by atoms with van der Waals surface area (Å²) in [5.41, 5.74) is -0.415. The molecule has 27 heavy (non-hydrogen) atoms. The molecule has 0 spiro atoms. The maximum atomic E-state index is 14.5. The fraction of sp³-hybridized carbons (Fsp3) is 0.0952. The summed E-state index contributed by atoms with van der Waals surface area (Å²) in [7, 11) is 0. The average molecular weight is 369 g/mol. The van der Waals surface area contributed by atoms with Gasteiger partial charge in [-0.1, -0.05) is 42.5 Å². The lowest BCUT2D eigenvalue weighted by Crippen LogP contribution is -2.36. The number of nitrogens with one attached hydrogen (secondary N) is 1. The smallest absolute Gasteiger partial charge is 0.409 e. The molecule has 1 aliphatic rings. The van der Waals surface area contributed by atoms with Gasteiger partial charge in [0.15, 0.2) is 5.60 Å². The van der Waals surface area contributed by atoms with Gasteiger partial charge in [0.25, 0.3) is 0 Å². The topological polar surface area (TPSA) is 38.3 Å². The van der Waals surface area contributed by atoms with Crippen molar-refractivity contribution >= 4 is 6.09 Å². The van der Waals surface area contributed by atoms with Gasteiger partial charge in [0.1, 0.15) is 23.5 Å². The minimum absolute atomic E-state index is 0.206. The number of alkyl carbamates (subject to hydrolysis) is 1. The Labute approximate surface area is 153 Å². The molecule has 1 saturated heterocycles. The molecule has 4 rings (SSSR count). The Hall–Kier alpha value is -3.28. The van der Waals surface area contributed by atoms with Gasteiger partial charge >= 0.3 is 6.09 Å². The minimum atomic E-state index is -1.49. The number of ether oxygens (including phenoxy) is 1. The number of hydrogen-bond donors (Lipinski definition) is 1. The third kappa shape index (κ3) is 2.83. The third-order valence-corrected chi connectivity index (χ3v) is 4.68. The summed E-state index contributed by atoms with van der Waals surface area (Å²) < 4.78 is 47.2. The van der Waals surface area contributed by atoms with E-state index in [0.717, 1.165) is 0 Å². The van der Waals surface area contributed by atoms with Gasteiger partial charge in [0.2, 0.25) is 0 Å². The second kappa shape index (κ2) is 6.46. The van der Waals surface area contributed by atoms with E-state index in [9.17, 15) is 18.0 Å². The Balaban J connectivity index is 1.98. The van der Waals surface area contributed by atoms with Crippen molar-refractivity contribution in [2.24, 2.45) is 0 Å². The van der Waals surface area contributed by atoms with Crippen LogP contribution in [0.3, 0.4) is 0 Å². The van der Waals surface area contributed by atoms with Crippen molar-refractivity contribution in [1.29, 1.82) is 0 Å². The first-order valence-electron chi connectivity index (χ1n) is 8.27. The van der Waals surface area contributed by atoms with Gasteiger partial charge < -0.3 is 10.1 Å². The SMILES string of the molecule is O=C1NC(c2ccccc2F)C(c2ccc(F)cc2)(c2ccc(F)cc2)O1. The van der Waals surface area contributed by atoms with Crippen LogP contribution in [0, 0.1) is 17.5 Å². The molecule has 1 N–H and O–H groups in total. The lowest BCUT2D eigenvalue weighted by atomic mass is 9.77. The maximum absolute atomic E-state index is 14.5. The van der Waals surface area contributed by atoms with Crippen molar-refractivity contribution in [3.05, 3.63) is 107 Å². The van der Waals surface area contributed by atoms with E-state index in [1.165, 1.54) is 66.7 Å². The molecule has 0 bridgehead atoms. The highest BCUT2D eigenvalue weighted by Gasteiger charge is 2.53. The molecule has 1 atom stereocenters. The number of rotatable bonds is 3. The zero-order valence-corrected chi connectivity index (χ0v) is 14.0. The summed E-state index contributed by atoms with van der Waals surface area (Å²) in [4.78, 5) is 12.2. The molecule has 0 saturated carbocycles. The first-order chi connectivity index (χ1) is 13.0. The number of cyclic esters (lactones) is 1. The van der Waals surface area contributed by atoms with Crippen molar-refractivity contribution in [2.45, 2.75) is 11.6 Å². The summed E-state index contributed by atoms with van der Waals surface area (Å²) >= 11 is 0. The second-order valence-corrected chi connectivity index (χ2v) is 6.24. The fourth-order valence-electron chi connectivity index (χ4n) is 3.47. The number of benzene rings is 3. The van der Waals surface area contributed by atoms with E-state index in [2.05, 4.69) is 5.32 Å². The summed E-state index contributed by atoms with van der Waals surface area (Å²) in [6.45, 7) is 0. The van der Waals surface area contributed by atoms with Gasteiger partial charge in [-0.05, 0) is 30.3 Å². The lowest BCUT2D eigenvalue weighted by molar-refractivity contribution is 0.0673. The molecule has 3 nitrogen and oxygen atoms in total. The van der Waals surface area contributed by atoms with Crippen LogP contribution in [0.25, 0.3) is 0 Å². The van der Waals surface area contributed by atoms with Crippen LogP contribution >= 0.6 is 0 Å². The Kier molecular flexibility index (Phi) is 4.11. The summed E-state index contributed by atoms with van der Waals surface area (Å²) in [6.07, 6.45) is -0.753. The number of carbonyl (C=O) groups excluding carboxylic acids is 1.